The molecule has 6 rings (SSSR count). The minimum absolute atomic E-state index is 0.00642. The first-order valence-electron chi connectivity index (χ1n) is 14.4. The zero-order valence-corrected chi connectivity index (χ0v) is 26.3. The quantitative estimate of drug-likeness (QED) is 0.206. The van der Waals surface area contributed by atoms with Gasteiger partial charge in [-0.2, -0.15) is 5.10 Å². The van der Waals surface area contributed by atoms with Gasteiger partial charge in [0, 0.05) is 37.2 Å². The fourth-order valence-corrected chi connectivity index (χ4v) is 6.14. The summed E-state index contributed by atoms with van der Waals surface area (Å²) in [5.74, 6) is 0.179. The van der Waals surface area contributed by atoms with E-state index in [9.17, 15) is 17.2 Å². The maximum absolute atomic E-state index is 14.5. The van der Waals surface area contributed by atoms with Gasteiger partial charge in [-0.1, -0.05) is 6.07 Å². The Hall–Kier alpha value is -4.50. The van der Waals surface area contributed by atoms with Crippen molar-refractivity contribution in [1.82, 2.24) is 34.3 Å². The molecule has 45 heavy (non-hydrogen) atoms. The Bertz CT molecular complexity index is 2000. The zero-order valence-electron chi connectivity index (χ0n) is 25.5. The molecule has 5 aromatic rings. The van der Waals surface area contributed by atoms with Gasteiger partial charge in [0.2, 0.25) is 0 Å². The number of alkyl halides is 2. The van der Waals surface area contributed by atoms with Crippen molar-refractivity contribution in [3.05, 3.63) is 59.4 Å². The van der Waals surface area contributed by atoms with E-state index < -0.39 is 28.3 Å². The van der Waals surface area contributed by atoms with Crippen molar-refractivity contribution in [2.75, 3.05) is 23.5 Å². The molecule has 1 atom stereocenters. The van der Waals surface area contributed by atoms with E-state index in [1.165, 1.54) is 4.57 Å². The number of sulfone groups is 1. The van der Waals surface area contributed by atoms with Crippen LogP contribution in [-0.2, 0) is 21.6 Å². The third kappa shape index (κ3) is 6.09. The Balaban J connectivity index is 1.52. The second-order valence-corrected chi connectivity index (χ2v) is 13.1. The lowest BCUT2D eigenvalue weighted by Gasteiger charge is -2.25. The predicted octanol–water partition coefficient (Wildman–Crippen LogP) is 6.07. The summed E-state index contributed by atoms with van der Waals surface area (Å²) in [4.78, 5) is 17.9. The molecule has 236 valence electrons. The highest BCUT2D eigenvalue weighted by Crippen LogP contribution is 2.38. The molecule has 4 aromatic heterocycles. The number of halogens is 2. The maximum atomic E-state index is 14.5. The van der Waals surface area contributed by atoms with E-state index >= 15 is 0 Å². The second kappa shape index (κ2) is 11.8. The molecule has 1 unspecified atom stereocenters. The third-order valence-corrected chi connectivity index (χ3v) is 8.96. The molecule has 2 N–H and O–H groups in total. The molecule has 0 amide bonds. The first-order chi connectivity index (χ1) is 21.4. The summed E-state index contributed by atoms with van der Waals surface area (Å²) in [7, 11) is -1.95. The third-order valence-electron chi connectivity index (χ3n) is 7.82. The van der Waals surface area contributed by atoms with E-state index in [0.717, 1.165) is 30.5 Å². The highest BCUT2D eigenvalue weighted by Gasteiger charge is 2.29. The van der Waals surface area contributed by atoms with Gasteiger partial charge in [-0.15, -0.1) is 0 Å². The van der Waals surface area contributed by atoms with Gasteiger partial charge < -0.3 is 15.4 Å². The van der Waals surface area contributed by atoms with E-state index in [1.54, 1.807) is 42.2 Å². The molecule has 0 spiro atoms. The van der Waals surface area contributed by atoms with Crippen molar-refractivity contribution in [2.24, 2.45) is 7.05 Å². The van der Waals surface area contributed by atoms with Crippen molar-refractivity contribution >= 4 is 44.0 Å². The van der Waals surface area contributed by atoms with Gasteiger partial charge in [0.1, 0.15) is 23.4 Å². The Morgan fingerprint density at radius 3 is 2.42 bits per heavy atom. The van der Waals surface area contributed by atoms with Crippen LogP contribution in [0.2, 0.25) is 0 Å². The van der Waals surface area contributed by atoms with Crippen molar-refractivity contribution in [3.63, 3.8) is 0 Å². The minimum atomic E-state index is -3.75. The molecular weight excluding hydrogens is 604 g/mol. The number of imidazole rings is 1. The highest BCUT2D eigenvalue weighted by molar-refractivity contribution is 7.90. The largest absolute Gasteiger partial charge is 0.358 e. The number of nitrogens with one attached hydrogen (secondary N) is 2. The molecule has 12 nitrogen and oxygen atoms in total. The van der Waals surface area contributed by atoms with E-state index in [4.69, 9.17) is 4.74 Å². The Labute approximate surface area is 258 Å². The second-order valence-electron chi connectivity index (χ2n) is 11.1. The molecular formula is C30H33F2N9O3S. The maximum Gasteiger partial charge on any atom is 0.295 e. The zero-order chi connectivity index (χ0) is 32.0. The molecule has 5 heterocycles. The van der Waals surface area contributed by atoms with Crippen LogP contribution < -0.4 is 10.6 Å². The SMILES string of the molecule is Cc1ncc(Nc2cc(Nc3ccc(-c4cc(C)n(C)n4)cc3S(C)(=O)=O)c3nc(C(F)F)n(C4CCCCO4)c3n2)nc1C. The number of pyridine rings is 1. The number of nitrogens with zero attached hydrogens (tertiary/aromatic N) is 7. The Kier molecular flexibility index (Phi) is 7.99. The topological polar surface area (TPSA) is 142 Å². The van der Waals surface area contributed by atoms with Crippen LogP contribution >= 0.6 is 0 Å². The summed E-state index contributed by atoms with van der Waals surface area (Å²) >= 11 is 0. The van der Waals surface area contributed by atoms with Gasteiger partial charge in [0.25, 0.3) is 6.43 Å². The first-order valence-corrected chi connectivity index (χ1v) is 16.3. The number of hydrogen-bond acceptors (Lipinski definition) is 10. The van der Waals surface area contributed by atoms with Crippen molar-refractivity contribution in [3.8, 4) is 11.3 Å². The number of hydrogen-bond donors (Lipinski definition) is 2. The van der Waals surface area contributed by atoms with Crippen LogP contribution in [-0.4, -0.2) is 55.6 Å². The number of benzene rings is 1. The standard InChI is InChI=1S/C30H33F2N9O3S/c1-16-12-21(39-40(16)4)19-9-10-20(23(13-19)45(5,42)43)35-22-14-24(36-25-15-33-17(2)18(3)34-25)37-29-27(22)38-30(28(31)32)41(29)26-8-6-7-11-44-26/h9-10,12-15,26,28H,6-8,11H2,1-5H3,(H2,34,35,36,37). The average molecular weight is 638 g/mol. The monoisotopic (exact) mass is 637 g/mol. The van der Waals surface area contributed by atoms with Crippen LogP contribution in [0, 0.1) is 20.8 Å². The minimum Gasteiger partial charge on any atom is -0.358 e. The molecule has 1 aromatic carbocycles. The first kappa shape index (κ1) is 30.5. The summed E-state index contributed by atoms with van der Waals surface area (Å²) in [5.41, 5.74) is 4.41. The van der Waals surface area contributed by atoms with Crippen LogP contribution in [0.4, 0.5) is 31.8 Å². The molecule has 0 bridgehead atoms. The smallest absolute Gasteiger partial charge is 0.295 e. The van der Waals surface area contributed by atoms with Gasteiger partial charge >= 0.3 is 0 Å². The molecule has 1 saturated heterocycles. The summed E-state index contributed by atoms with van der Waals surface area (Å²) in [5, 5.41) is 10.8. The number of fused-ring (bicyclic) bond motifs is 1. The summed E-state index contributed by atoms with van der Waals surface area (Å²) in [6, 6.07) is 8.36. The van der Waals surface area contributed by atoms with Gasteiger partial charge in [-0.05, 0) is 58.2 Å². The lowest BCUT2D eigenvalue weighted by atomic mass is 10.1. The fraction of sp³-hybridized carbons (Fsp3) is 0.367. The predicted molar refractivity (Wildman–Crippen MR) is 166 cm³/mol. The van der Waals surface area contributed by atoms with Gasteiger partial charge in [0.05, 0.1) is 39.5 Å². The number of aryl methyl sites for hydroxylation is 4. The molecule has 1 aliphatic rings. The Morgan fingerprint density at radius 2 is 1.78 bits per heavy atom. The summed E-state index contributed by atoms with van der Waals surface area (Å²) in [6.45, 7) is 5.99. The van der Waals surface area contributed by atoms with Gasteiger partial charge in [-0.3, -0.25) is 14.2 Å². The molecule has 15 heteroatoms. The van der Waals surface area contributed by atoms with Gasteiger partial charge in [-0.25, -0.2) is 32.2 Å². The number of anilines is 4. The normalized spacial score (nSPS) is 15.6. The van der Waals surface area contributed by atoms with Crippen LogP contribution in [0.5, 0.6) is 0 Å². The van der Waals surface area contributed by atoms with E-state index in [-0.39, 0.29) is 33.3 Å². The van der Waals surface area contributed by atoms with Crippen LogP contribution in [0.15, 0.2) is 41.4 Å². The van der Waals surface area contributed by atoms with Crippen molar-refractivity contribution in [1.29, 1.82) is 0 Å². The molecule has 1 aliphatic heterocycles. The number of aromatic nitrogens is 7. The summed E-state index contributed by atoms with van der Waals surface area (Å²) < 4.78 is 63.9. The number of ether oxygens (including phenoxy) is 1. The van der Waals surface area contributed by atoms with Crippen molar-refractivity contribution in [2.45, 2.75) is 57.6 Å². The molecule has 0 saturated carbocycles. The van der Waals surface area contributed by atoms with Crippen molar-refractivity contribution < 1.29 is 21.9 Å². The fourth-order valence-electron chi connectivity index (χ4n) is 5.28. The lowest BCUT2D eigenvalue weighted by molar-refractivity contribution is -0.0363. The van der Waals surface area contributed by atoms with E-state index in [0.29, 0.717) is 35.8 Å². The van der Waals surface area contributed by atoms with Gasteiger partial charge in [0.15, 0.2) is 21.3 Å². The molecule has 0 radical (unpaired) electrons. The van der Waals surface area contributed by atoms with Crippen LogP contribution in [0.25, 0.3) is 22.4 Å². The Morgan fingerprint density at radius 1 is 0.978 bits per heavy atom. The highest BCUT2D eigenvalue weighted by atomic mass is 32.2. The molecule has 0 aliphatic carbocycles. The summed E-state index contributed by atoms with van der Waals surface area (Å²) in [6.07, 6.45) is 1.21. The van der Waals surface area contributed by atoms with Crippen LogP contribution in [0.1, 0.15) is 54.8 Å². The average Bonchev–Trinajstić information content (AvgIpc) is 3.55. The lowest BCUT2D eigenvalue weighted by Crippen LogP contribution is -2.20. The number of rotatable bonds is 8. The molecule has 1 fully saturated rings. The van der Waals surface area contributed by atoms with Crippen LogP contribution in [0.3, 0.4) is 0 Å². The van der Waals surface area contributed by atoms with E-state index in [1.807, 2.05) is 26.8 Å². The van der Waals surface area contributed by atoms with E-state index in [2.05, 4.69) is 35.7 Å².